The van der Waals surface area contributed by atoms with E-state index in [1.807, 2.05) is 6.92 Å². The fourth-order valence-electron chi connectivity index (χ4n) is 1.67. The monoisotopic (exact) mass is 190 g/mol. The standard InChI is InChI=1S/C9H18O4/c1-4-5-6(10)7(11)8(12)9(2,3)13-5/h5-8,10-12H,4H2,1-3H3/t5-,6-,7+,8-/m1/s1. The predicted octanol–water partition coefficient (Wildman–Crippen LogP) is -0.344. The van der Waals surface area contributed by atoms with E-state index in [0.29, 0.717) is 6.42 Å². The van der Waals surface area contributed by atoms with Crippen molar-refractivity contribution < 1.29 is 20.1 Å². The van der Waals surface area contributed by atoms with Crippen LogP contribution >= 0.6 is 0 Å². The van der Waals surface area contributed by atoms with Gasteiger partial charge in [-0.05, 0) is 20.3 Å². The molecule has 4 heteroatoms. The van der Waals surface area contributed by atoms with Crippen molar-refractivity contribution in [2.45, 2.75) is 57.2 Å². The number of ether oxygens (including phenoxy) is 1. The second kappa shape index (κ2) is 3.53. The molecule has 13 heavy (non-hydrogen) atoms. The first kappa shape index (κ1) is 10.9. The number of rotatable bonds is 1. The van der Waals surface area contributed by atoms with Gasteiger partial charge < -0.3 is 20.1 Å². The molecular weight excluding hydrogens is 172 g/mol. The molecule has 0 unspecified atom stereocenters. The fraction of sp³-hybridized carbons (Fsp3) is 1.00. The Hall–Kier alpha value is -0.160. The van der Waals surface area contributed by atoms with Gasteiger partial charge in [0.2, 0.25) is 0 Å². The normalized spacial score (nSPS) is 44.8. The highest BCUT2D eigenvalue weighted by Gasteiger charge is 2.47. The summed E-state index contributed by atoms with van der Waals surface area (Å²) in [5.41, 5.74) is -0.792. The lowest BCUT2D eigenvalue weighted by molar-refractivity contribution is -0.256. The predicted molar refractivity (Wildman–Crippen MR) is 47.3 cm³/mol. The van der Waals surface area contributed by atoms with Gasteiger partial charge in [-0.2, -0.15) is 0 Å². The molecule has 1 rings (SSSR count). The second-order valence-electron chi connectivity index (χ2n) is 4.09. The van der Waals surface area contributed by atoms with Crippen LogP contribution in [-0.2, 0) is 4.74 Å². The Balaban J connectivity index is 2.79. The molecule has 0 aliphatic carbocycles. The van der Waals surface area contributed by atoms with Crippen LogP contribution in [0.25, 0.3) is 0 Å². The third-order valence-corrected chi connectivity index (χ3v) is 2.62. The van der Waals surface area contributed by atoms with Crippen molar-refractivity contribution >= 4 is 0 Å². The first-order chi connectivity index (χ1) is 5.90. The van der Waals surface area contributed by atoms with Crippen LogP contribution in [0.3, 0.4) is 0 Å². The number of aliphatic hydroxyl groups is 3. The van der Waals surface area contributed by atoms with Crippen molar-refractivity contribution in [3.63, 3.8) is 0 Å². The summed E-state index contributed by atoms with van der Waals surface area (Å²) in [6.45, 7) is 5.28. The van der Waals surface area contributed by atoms with Gasteiger partial charge in [-0.25, -0.2) is 0 Å². The molecule has 1 aliphatic heterocycles. The van der Waals surface area contributed by atoms with Crippen molar-refractivity contribution in [2.75, 3.05) is 0 Å². The van der Waals surface area contributed by atoms with Crippen LogP contribution in [0.1, 0.15) is 27.2 Å². The summed E-state index contributed by atoms with van der Waals surface area (Å²) in [5.74, 6) is 0. The van der Waals surface area contributed by atoms with E-state index in [1.54, 1.807) is 13.8 Å². The molecule has 0 saturated carbocycles. The average Bonchev–Trinajstić information content (AvgIpc) is 2.08. The minimum atomic E-state index is -1.12. The molecule has 4 atom stereocenters. The molecule has 4 nitrogen and oxygen atoms in total. The summed E-state index contributed by atoms with van der Waals surface area (Å²) in [7, 11) is 0. The molecule has 1 saturated heterocycles. The molecule has 0 aromatic carbocycles. The van der Waals surface area contributed by atoms with Crippen molar-refractivity contribution in [3.8, 4) is 0 Å². The van der Waals surface area contributed by atoms with E-state index in [-0.39, 0.29) is 0 Å². The highest BCUT2D eigenvalue weighted by atomic mass is 16.5. The van der Waals surface area contributed by atoms with Crippen molar-refractivity contribution in [1.82, 2.24) is 0 Å². The van der Waals surface area contributed by atoms with Gasteiger partial charge in [0, 0.05) is 0 Å². The van der Waals surface area contributed by atoms with Crippen LogP contribution < -0.4 is 0 Å². The molecule has 1 aliphatic rings. The van der Waals surface area contributed by atoms with Gasteiger partial charge in [0.25, 0.3) is 0 Å². The summed E-state index contributed by atoms with van der Waals surface area (Å²) in [6.07, 6.45) is -2.92. The van der Waals surface area contributed by atoms with E-state index in [4.69, 9.17) is 4.74 Å². The molecular formula is C9H18O4. The van der Waals surface area contributed by atoms with Gasteiger partial charge in [-0.3, -0.25) is 0 Å². The summed E-state index contributed by atoms with van der Waals surface area (Å²) >= 11 is 0. The Kier molecular flexibility index (Phi) is 2.97. The van der Waals surface area contributed by atoms with E-state index in [2.05, 4.69) is 0 Å². The van der Waals surface area contributed by atoms with E-state index < -0.39 is 30.0 Å². The Morgan fingerprint density at radius 3 is 2.15 bits per heavy atom. The minimum Gasteiger partial charge on any atom is -0.388 e. The average molecular weight is 190 g/mol. The van der Waals surface area contributed by atoms with E-state index >= 15 is 0 Å². The van der Waals surface area contributed by atoms with Gasteiger partial charge in [-0.15, -0.1) is 0 Å². The van der Waals surface area contributed by atoms with Gasteiger partial charge in [0.15, 0.2) is 0 Å². The maximum Gasteiger partial charge on any atom is 0.111 e. The summed E-state index contributed by atoms with van der Waals surface area (Å²) in [6, 6.07) is 0. The second-order valence-corrected chi connectivity index (χ2v) is 4.09. The number of aliphatic hydroxyl groups excluding tert-OH is 3. The molecule has 0 amide bonds. The molecule has 0 aromatic heterocycles. The summed E-state index contributed by atoms with van der Waals surface area (Å²) in [4.78, 5) is 0. The highest BCUT2D eigenvalue weighted by molar-refractivity contribution is 4.96. The Labute approximate surface area is 78.1 Å². The first-order valence-corrected chi connectivity index (χ1v) is 4.62. The van der Waals surface area contributed by atoms with Gasteiger partial charge in [0.1, 0.15) is 18.3 Å². The number of hydrogen-bond donors (Lipinski definition) is 3. The minimum absolute atomic E-state index is 0.395. The highest BCUT2D eigenvalue weighted by Crippen LogP contribution is 2.30. The molecule has 78 valence electrons. The number of hydrogen-bond acceptors (Lipinski definition) is 4. The van der Waals surface area contributed by atoms with Crippen molar-refractivity contribution in [3.05, 3.63) is 0 Å². The topological polar surface area (TPSA) is 69.9 Å². The largest absolute Gasteiger partial charge is 0.388 e. The Morgan fingerprint density at radius 1 is 1.15 bits per heavy atom. The molecule has 1 heterocycles. The van der Waals surface area contributed by atoms with E-state index in [0.717, 1.165) is 0 Å². The van der Waals surface area contributed by atoms with Crippen molar-refractivity contribution in [2.24, 2.45) is 0 Å². The van der Waals surface area contributed by atoms with E-state index in [9.17, 15) is 15.3 Å². The molecule has 0 aromatic rings. The van der Waals surface area contributed by atoms with Crippen molar-refractivity contribution in [1.29, 1.82) is 0 Å². The quantitative estimate of drug-likeness (QED) is 0.529. The van der Waals surface area contributed by atoms with Gasteiger partial charge in [0.05, 0.1) is 11.7 Å². The fourth-order valence-corrected chi connectivity index (χ4v) is 1.67. The van der Waals surface area contributed by atoms with Crippen LogP contribution in [-0.4, -0.2) is 45.3 Å². The zero-order chi connectivity index (χ0) is 10.2. The Morgan fingerprint density at radius 2 is 1.69 bits per heavy atom. The lowest BCUT2D eigenvalue weighted by Gasteiger charge is -2.45. The lowest BCUT2D eigenvalue weighted by atomic mass is 9.87. The van der Waals surface area contributed by atoms with Crippen LogP contribution in [0.15, 0.2) is 0 Å². The third kappa shape index (κ3) is 1.86. The molecule has 0 bridgehead atoms. The first-order valence-electron chi connectivity index (χ1n) is 4.62. The zero-order valence-corrected chi connectivity index (χ0v) is 8.27. The SMILES string of the molecule is CC[C@H]1OC(C)(C)[C@H](O)[C@@H](O)[C@@H]1O. The van der Waals surface area contributed by atoms with Crippen LogP contribution in [0, 0.1) is 0 Å². The van der Waals surface area contributed by atoms with Crippen LogP contribution in [0.2, 0.25) is 0 Å². The summed E-state index contributed by atoms with van der Waals surface area (Å²) < 4.78 is 5.46. The van der Waals surface area contributed by atoms with E-state index in [1.165, 1.54) is 0 Å². The van der Waals surface area contributed by atoms with Crippen LogP contribution in [0.5, 0.6) is 0 Å². The molecule has 1 fully saturated rings. The van der Waals surface area contributed by atoms with Gasteiger partial charge in [-0.1, -0.05) is 6.92 Å². The third-order valence-electron chi connectivity index (χ3n) is 2.62. The smallest absolute Gasteiger partial charge is 0.111 e. The van der Waals surface area contributed by atoms with Gasteiger partial charge >= 0.3 is 0 Å². The maximum absolute atomic E-state index is 9.55. The van der Waals surface area contributed by atoms with Crippen LogP contribution in [0.4, 0.5) is 0 Å². The summed E-state index contributed by atoms with van der Waals surface area (Å²) in [5, 5.41) is 28.6. The zero-order valence-electron chi connectivity index (χ0n) is 8.27. The lowest BCUT2D eigenvalue weighted by Crippen LogP contribution is -2.61. The molecule has 0 spiro atoms. The molecule has 3 N–H and O–H groups in total. The Bertz CT molecular complexity index is 178. The maximum atomic E-state index is 9.55. The molecule has 0 radical (unpaired) electrons.